The number of aliphatic carboxylic acids is 1. The van der Waals surface area contributed by atoms with Gasteiger partial charge in [-0.25, -0.2) is 5.06 Å². The van der Waals surface area contributed by atoms with Crippen LogP contribution in [0, 0.1) is 0 Å². The monoisotopic (exact) mass is 355 g/mol. The molecule has 1 unspecified atom stereocenters. The third-order valence-electron chi connectivity index (χ3n) is 4.40. The van der Waals surface area contributed by atoms with E-state index in [1.165, 1.54) is 5.06 Å². The second-order valence-corrected chi connectivity index (χ2v) is 6.68. The van der Waals surface area contributed by atoms with E-state index in [1.807, 2.05) is 12.2 Å². The molecule has 0 aromatic carbocycles. The van der Waals surface area contributed by atoms with Gasteiger partial charge in [0.05, 0.1) is 18.8 Å². The second-order valence-electron chi connectivity index (χ2n) is 6.68. The fraction of sp³-hybridized carbons (Fsp3) is 0.789. The van der Waals surface area contributed by atoms with Gasteiger partial charge in [-0.2, -0.15) is 0 Å². The van der Waals surface area contributed by atoms with Crippen LogP contribution in [0.5, 0.6) is 0 Å². The van der Waals surface area contributed by atoms with Gasteiger partial charge < -0.3 is 10.2 Å². The van der Waals surface area contributed by atoms with E-state index in [0.717, 1.165) is 44.9 Å². The van der Waals surface area contributed by atoms with Crippen molar-refractivity contribution >= 4 is 11.9 Å². The Morgan fingerprint density at radius 2 is 2.12 bits per heavy atom. The van der Waals surface area contributed by atoms with Crippen LogP contribution in [-0.2, 0) is 14.4 Å². The average Bonchev–Trinajstić information content (AvgIpc) is 2.91. The molecule has 0 saturated carbocycles. The number of carbonyl (C=O) groups is 2. The molecule has 0 spiro atoms. The molecule has 144 valence electrons. The smallest absolute Gasteiger partial charge is 0.303 e. The van der Waals surface area contributed by atoms with Crippen LogP contribution >= 0.6 is 0 Å². The van der Waals surface area contributed by atoms with Gasteiger partial charge in [0, 0.05) is 12.8 Å². The highest BCUT2D eigenvalue weighted by Crippen LogP contribution is 2.22. The first-order valence-electron chi connectivity index (χ1n) is 9.56. The highest BCUT2D eigenvalue weighted by Gasteiger charge is 2.31. The van der Waals surface area contributed by atoms with Crippen molar-refractivity contribution in [1.29, 1.82) is 0 Å². The summed E-state index contributed by atoms with van der Waals surface area (Å²) in [6.07, 6.45) is 11.7. The highest BCUT2D eigenvalue weighted by molar-refractivity contribution is 5.77. The van der Waals surface area contributed by atoms with Gasteiger partial charge in [0.15, 0.2) is 0 Å². The van der Waals surface area contributed by atoms with Crippen molar-refractivity contribution in [2.75, 3.05) is 6.61 Å². The van der Waals surface area contributed by atoms with Gasteiger partial charge in [-0.15, -0.1) is 0 Å². The lowest BCUT2D eigenvalue weighted by Gasteiger charge is -2.23. The number of unbranched alkanes of at least 4 members (excludes halogenated alkanes) is 4. The van der Waals surface area contributed by atoms with Crippen LogP contribution in [0.15, 0.2) is 12.2 Å². The van der Waals surface area contributed by atoms with Crippen LogP contribution in [0.2, 0.25) is 0 Å². The predicted molar refractivity (Wildman–Crippen MR) is 95.8 cm³/mol. The van der Waals surface area contributed by atoms with E-state index >= 15 is 0 Å². The maximum Gasteiger partial charge on any atom is 0.303 e. The summed E-state index contributed by atoms with van der Waals surface area (Å²) >= 11 is 0. The van der Waals surface area contributed by atoms with E-state index in [2.05, 4.69) is 6.92 Å². The maximum absolute atomic E-state index is 11.9. The number of carboxylic acid groups (broad SMARTS) is 1. The average molecular weight is 355 g/mol. The summed E-state index contributed by atoms with van der Waals surface area (Å²) in [7, 11) is 0. The molecule has 25 heavy (non-hydrogen) atoms. The summed E-state index contributed by atoms with van der Waals surface area (Å²) in [6, 6.07) is 0.0330. The molecular formula is C19H33NO5. The van der Waals surface area contributed by atoms with Gasteiger partial charge in [0.2, 0.25) is 5.91 Å². The fourth-order valence-electron chi connectivity index (χ4n) is 2.92. The van der Waals surface area contributed by atoms with Crippen molar-refractivity contribution < 1.29 is 24.6 Å². The largest absolute Gasteiger partial charge is 0.481 e. The lowest BCUT2D eigenvalue weighted by atomic mass is 10.1. The van der Waals surface area contributed by atoms with Gasteiger partial charge in [0.1, 0.15) is 0 Å². The van der Waals surface area contributed by atoms with E-state index in [0.29, 0.717) is 25.9 Å². The molecule has 1 fully saturated rings. The second kappa shape index (κ2) is 12.9. The number of amides is 1. The number of nitrogens with zero attached hydrogens (tertiary/aromatic N) is 1. The van der Waals surface area contributed by atoms with Crippen LogP contribution < -0.4 is 0 Å². The first-order chi connectivity index (χ1) is 12.0. The molecule has 0 radical (unpaired) electrons. The zero-order valence-corrected chi connectivity index (χ0v) is 15.4. The SMILES string of the molecule is CCCCC[C@H](O)/C=C/CC1CCC(=O)N1OCCCCCC(=O)O. The molecule has 1 aliphatic rings. The minimum absolute atomic E-state index is 0.00688. The van der Waals surface area contributed by atoms with Crippen LogP contribution in [0.25, 0.3) is 0 Å². The van der Waals surface area contributed by atoms with E-state index < -0.39 is 12.1 Å². The molecule has 1 heterocycles. The normalized spacial score (nSPS) is 19.0. The summed E-state index contributed by atoms with van der Waals surface area (Å²) in [5, 5.41) is 20.0. The summed E-state index contributed by atoms with van der Waals surface area (Å²) in [5.41, 5.74) is 0. The number of hydroxylamine groups is 2. The molecule has 6 nitrogen and oxygen atoms in total. The Kier molecular flexibility index (Phi) is 11.2. The Morgan fingerprint density at radius 3 is 2.84 bits per heavy atom. The number of aliphatic hydroxyl groups is 1. The van der Waals surface area contributed by atoms with E-state index in [9.17, 15) is 14.7 Å². The molecule has 1 aliphatic heterocycles. The summed E-state index contributed by atoms with van der Waals surface area (Å²) < 4.78 is 0. The zero-order chi connectivity index (χ0) is 18.5. The quantitative estimate of drug-likeness (QED) is 0.368. The molecule has 0 aromatic heterocycles. The fourth-order valence-corrected chi connectivity index (χ4v) is 2.92. The van der Waals surface area contributed by atoms with Gasteiger partial charge in [0.25, 0.3) is 0 Å². The molecule has 1 saturated heterocycles. The molecule has 1 amide bonds. The number of aliphatic hydroxyl groups excluding tert-OH is 1. The lowest BCUT2D eigenvalue weighted by molar-refractivity contribution is -0.189. The Balaban J connectivity index is 2.24. The highest BCUT2D eigenvalue weighted by atomic mass is 16.7. The molecule has 6 heteroatoms. The van der Waals surface area contributed by atoms with Crippen molar-refractivity contribution in [3.05, 3.63) is 12.2 Å². The van der Waals surface area contributed by atoms with Crippen molar-refractivity contribution in [2.45, 2.75) is 89.7 Å². The minimum atomic E-state index is -0.778. The Labute approximate surface area is 150 Å². The number of rotatable bonds is 14. The summed E-state index contributed by atoms with van der Waals surface area (Å²) in [6.45, 7) is 2.57. The Bertz CT molecular complexity index is 424. The Morgan fingerprint density at radius 1 is 1.32 bits per heavy atom. The topological polar surface area (TPSA) is 87.1 Å². The van der Waals surface area contributed by atoms with Gasteiger partial charge >= 0.3 is 5.97 Å². The van der Waals surface area contributed by atoms with Crippen molar-refractivity contribution in [3.63, 3.8) is 0 Å². The molecule has 2 N–H and O–H groups in total. The number of carbonyl (C=O) groups excluding carboxylic acids is 1. The van der Waals surface area contributed by atoms with Crippen LogP contribution in [0.4, 0.5) is 0 Å². The lowest BCUT2D eigenvalue weighted by Crippen LogP contribution is -2.33. The molecule has 0 aromatic rings. The van der Waals surface area contributed by atoms with E-state index in [1.54, 1.807) is 0 Å². The van der Waals surface area contributed by atoms with Gasteiger partial charge in [-0.1, -0.05) is 44.8 Å². The van der Waals surface area contributed by atoms with Crippen molar-refractivity contribution in [3.8, 4) is 0 Å². The zero-order valence-electron chi connectivity index (χ0n) is 15.4. The van der Waals surface area contributed by atoms with E-state index in [4.69, 9.17) is 9.94 Å². The van der Waals surface area contributed by atoms with Crippen LogP contribution in [0.1, 0.15) is 77.6 Å². The third-order valence-corrected chi connectivity index (χ3v) is 4.40. The maximum atomic E-state index is 11.9. The first-order valence-corrected chi connectivity index (χ1v) is 9.56. The molecule has 1 rings (SSSR count). The van der Waals surface area contributed by atoms with E-state index in [-0.39, 0.29) is 18.4 Å². The Hall–Kier alpha value is -1.40. The third kappa shape index (κ3) is 9.60. The van der Waals surface area contributed by atoms with Crippen molar-refractivity contribution in [1.82, 2.24) is 5.06 Å². The molecule has 0 bridgehead atoms. The molecule has 0 aliphatic carbocycles. The first kappa shape index (κ1) is 21.6. The van der Waals surface area contributed by atoms with Gasteiger partial charge in [-0.3, -0.25) is 14.4 Å². The number of hydrogen-bond donors (Lipinski definition) is 2. The predicted octanol–water partition coefficient (Wildman–Crippen LogP) is 3.44. The van der Waals surface area contributed by atoms with Crippen molar-refractivity contribution in [2.24, 2.45) is 0 Å². The standard InChI is InChI=1S/C19H33NO5/c1-2-3-5-10-17(21)11-8-9-16-13-14-18(22)20(16)25-15-7-4-6-12-19(23)24/h8,11,16-17,21H,2-7,9-10,12-15H2,1H3,(H,23,24)/b11-8+/t16?,17-/m0/s1. The van der Waals surface area contributed by atoms with Crippen LogP contribution in [0.3, 0.4) is 0 Å². The molecule has 2 atom stereocenters. The summed E-state index contributed by atoms with van der Waals surface area (Å²) in [4.78, 5) is 28.0. The minimum Gasteiger partial charge on any atom is -0.481 e. The van der Waals surface area contributed by atoms with Crippen LogP contribution in [-0.4, -0.2) is 45.9 Å². The number of hydrogen-bond acceptors (Lipinski definition) is 4. The van der Waals surface area contributed by atoms with Gasteiger partial charge in [-0.05, 0) is 32.1 Å². The summed E-state index contributed by atoms with van der Waals surface area (Å²) in [5.74, 6) is -0.771. The number of carboxylic acids is 1. The molecular weight excluding hydrogens is 322 g/mol.